The first-order valence-electron chi connectivity index (χ1n) is 8.54. The van der Waals surface area contributed by atoms with Gasteiger partial charge in [0.1, 0.15) is 5.75 Å². The van der Waals surface area contributed by atoms with Gasteiger partial charge >= 0.3 is 5.97 Å². The van der Waals surface area contributed by atoms with Crippen LogP contribution in [-0.2, 0) is 4.74 Å². The Balaban J connectivity index is 2.47. The summed E-state index contributed by atoms with van der Waals surface area (Å²) in [6, 6.07) is 5.03. The summed E-state index contributed by atoms with van der Waals surface area (Å²) in [5, 5.41) is 0. The van der Waals surface area contributed by atoms with E-state index >= 15 is 0 Å². The van der Waals surface area contributed by atoms with Crippen LogP contribution in [-0.4, -0.2) is 43.7 Å². The largest absolute Gasteiger partial charge is 0.491 e. The van der Waals surface area contributed by atoms with Gasteiger partial charge in [0, 0.05) is 6.54 Å². The van der Waals surface area contributed by atoms with Crippen LogP contribution in [0, 0.1) is 0 Å². The average Bonchev–Trinajstić information content (AvgIpc) is 2.56. The van der Waals surface area contributed by atoms with Gasteiger partial charge < -0.3 is 20.1 Å². The zero-order valence-electron chi connectivity index (χ0n) is 14.6. The highest BCUT2D eigenvalue weighted by Crippen LogP contribution is 2.23. The lowest BCUT2D eigenvalue weighted by molar-refractivity contribution is 0.0489. The number of hydrogen-bond acceptors (Lipinski definition) is 5. The van der Waals surface area contributed by atoms with Crippen molar-refractivity contribution in [3.05, 3.63) is 23.8 Å². The van der Waals surface area contributed by atoms with Gasteiger partial charge in [-0.1, -0.05) is 27.2 Å². The molecule has 0 spiro atoms. The lowest BCUT2D eigenvalue weighted by atomic mass is 10.2. The molecule has 0 aliphatic rings. The summed E-state index contributed by atoms with van der Waals surface area (Å²) in [4.78, 5) is 14.4. The first-order chi connectivity index (χ1) is 11.1. The molecule has 0 fully saturated rings. The number of ether oxygens (including phenoxy) is 2. The molecule has 0 aliphatic carbocycles. The SMILES string of the molecule is CCCCOc1cc(C(=O)OCCCN(CC)CC)ccc1N. The van der Waals surface area contributed by atoms with Gasteiger partial charge in [-0.25, -0.2) is 4.79 Å². The number of carbonyl (C=O) groups is 1. The van der Waals surface area contributed by atoms with Crippen LogP contribution in [0.4, 0.5) is 5.69 Å². The van der Waals surface area contributed by atoms with Crippen molar-refractivity contribution in [3.8, 4) is 5.75 Å². The Morgan fingerprint density at radius 1 is 1.13 bits per heavy atom. The van der Waals surface area contributed by atoms with Crippen molar-refractivity contribution in [2.45, 2.75) is 40.0 Å². The third-order valence-corrected chi connectivity index (χ3v) is 3.75. The van der Waals surface area contributed by atoms with Gasteiger partial charge in [-0.15, -0.1) is 0 Å². The summed E-state index contributed by atoms with van der Waals surface area (Å²) in [7, 11) is 0. The van der Waals surface area contributed by atoms with Crippen molar-refractivity contribution in [2.24, 2.45) is 0 Å². The highest BCUT2D eigenvalue weighted by Gasteiger charge is 2.11. The molecule has 0 amide bonds. The minimum atomic E-state index is -0.329. The Kier molecular flexibility index (Phi) is 9.14. The van der Waals surface area contributed by atoms with E-state index < -0.39 is 0 Å². The van der Waals surface area contributed by atoms with Crippen molar-refractivity contribution in [3.63, 3.8) is 0 Å². The minimum Gasteiger partial charge on any atom is -0.491 e. The fourth-order valence-corrected chi connectivity index (χ4v) is 2.19. The van der Waals surface area contributed by atoms with Crippen LogP contribution >= 0.6 is 0 Å². The van der Waals surface area contributed by atoms with Crippen molar-refractivity contribution < 1.29 is 14.3 Å². The third kappa shape index (κ3) is 6.91. The molecule has 0 atom stereocenters. The summed E-state index contributed by atoms with van der Waals surface area (Å²) in [6.07, 6.45) is 2.84. The molecular weight excluding hydrogens is 292 g/mol. The number of benzene rings is 1. The van der Waals surface area contributed by atoms with E-state index in [1.54, 1.807) is 18.2 Å². The Morgan fingerprint density at radius 2 is 1.87 bits per heavy atom. The van der Waals surface area contributed by atoms with Gasteiger partial charge in [0.15, 0.2) is 0 Å². The molecule has 0 saturated carbocycles. The smallest absolute Gasteiger partial charge is 0.338 e. The van der Waals surface area contributed by atoms with E-state index in [2.05, 4.69) is 25.7 Å². The fraction of sp³-hybridized carbons (Fsp3) is 0.611. The van der Waals surface area contributed by atoms with Gasteiger partial charge in [-0.05, 0) is 44.1 Å². The van der Waals surface area contributed by atoms with E-state index in [1.165, 1.54) is 0 Å². The maximum Gasteiger partial charge on any atom is 0.338 e. The molecule has 5 heteroatoms. The van der Waals surface area contributed by atoms with Gasteiger partial charge in [0.2, 0.25) is 0 Å². The maximum atomic E-state index is 12.1. The second-order valence-corrected chi connectivity index (χ2v) is 5.47. The topological polar surface area (TPSA) is 64.8 Å². The van der Waals surface area contributed by atoms with Crippen molar-refractivity contribution >= 4 is 11.7 Å². The molecule has 23 heavy (non-hydrogen) atoms. The summed E-state index contributed by atoms with van der Waals surface area (Å²) in [6.45, 7) is 10.3. The molecule has 0 saturated heterocycles. The van der Waals surface area contributed by atoms with E-state index in [4.69, 9.17) is 15.2 Å². The normalized spacial score (nSPS) is 10.8. The van der Waals surface area contributed by atoms with Gasteiger partial charge in [0.05, 0.1) is 24.5 Å². The van der Waals surface area contributed by atoms with Crippen molar-refractivity contribution in [1.82, 2.24) is 4.90 Å². The lowest BCUT2D eigenvalue weighted by Crippen LogP contribution is -2.25. The Morgan fingerprint density at radius 3 is 2.52 bits per heavy atom. The Bertz CT molecular complexity index is 473. The summed E-state index contributed by atoms with van der Waals surface area (Å²) >= 11 is 0. The highest BCUT2D eigenvalue weighted by atomic mass is 16.5. The van der Waals surface area contributed by atoms with Gasteiger partial charge in [-0.3, -0.25) is 0 Å². The number of anilines is 1. The number of carbonyl (C=O) groups excluding carboxylic acids is 1. The van der Waals surface area contributed by atoms with Crippen molar-refractivity contribution in [2.75, 3.05) is 38.6 Å². The van der Waals surface area contributed by atoms with E-state index in [-0.39, 0.29) is 5.97 Å². The Labute approximate surface area is 139 Å². The molecule has 0 radical (unpaired) electrons. The zero-order valence-corrected chi connectivity index (χ0v) is 14.6. The Hall–Kier alpha value is -1.75. The summed E-state index contributed by atoms with van der Waals surface area (Å²) < 4.78 is 10.9. The monoisotopic (exact) mass is 322 g/mol. The standard InChI is InChI=1S/C18H30N2O3/c1-4-7-12-22-17-14-15(9-10-16(17)19)18(21)23-13-8-11-20(5-2)6-3/h9-10,14H,4-8,11-13,19H2,1-3H3. The van der Waals surface area contributed by atoms with E-state index in [0.29, 0.717) is 30.2 Å². The van der Waals surface area contributed by atoms with Crippen LogP contribution in [0.15, 0.2) is 18.2 Å². The van der Waals surface area contributed by atoms with Crippen LogP contribution in [0.2, 0.25) is 0 Å². The molecular formula is C18H30N2O3. The molecule has 5 nitrogen and oxygen atoms in total. The lowest BCUT2D eigenvalue weighted by Gasteiger charge is -2.17. The number of nitrogens with two attached hydrogens (primary N) is 1. The number of rotatable bonds is 11. The van der Waals surface area contributed by atoms with E-state index in [1.807, 2.05) is 0 Å². The number of nitrogen functional groups attached to an aromatic ring is 1. The zero-order chi connectivity index (χ0) is 17.1. The average molecular weight is 322 g/mol. The van der Waals surface area contributed by atoms with E-state index in [0.717, 1.165) is 38.9 Å². The number of hydrogen-bond donors (Lipinski definition) is 1. The summed E-state index contributed by atoms with van der Waals surface area (Å²) in [5.41, 5.74) is 6.90. The third-order valence-electron chi connectivity index (χ3n) is 3.75. The predicted molar refractivity (Wildman–Crippen MR) is 93.9 cm³/mol. The molecule has 2 N–H and O–H groups in total. The van der Waals surface area contributed by atoms with Crippen LogP contribution in [0.5, 0.6) is 5.75 Å². The second kappa shape index (κ2) is 10.9. The highest BCUT2D eigenvalue weighted by molar-refractivity contribution is 5.90. The number of nitrogens with zero attached hydrogens (tertiary/aromatic N) is 1. The molecule has 0 aliphatic heterocycles. The molecule has 0 aromatic heterocycles. The van der Waals surface area contributed by atoms with E-state index in [9.17, 15) is 4.79 Å². The molecule has 0 unspecified atom stereocenters. The minimum absolute atomic E-state index is 0.329. The quantitative estimate of drug-likeness (QED) is 0.384. The van der Waals surface area contributed by atoms with Crippen LogP contribution in [0.3, 0.4) is 0 Å². The number of unbranched alkanes of at least 4 members (excludes halogenated alkanes) is 1. The molecule has 1 aromatic carbocycles. The van der Waals surface area contributed by atoms with Crippen LogP contribution in [0.1, 0.15) is 50.4 Å². The molecule has 0 bridgehead atoms. The molecule has 130 valence electrons. The van der Waals surface area contributed by atoms with Crippen LogP contribution in [0.25, 0.3) is 0 Å². The van der Waals surface area contributed by atoms with Crippen LogP contribution < -0.4 is 10.5 Å². The molecule has 1 rings (SSSR count). The van der Waals surface area contributed by atoms with Crippen molar-refractivity contribution in [1.29, 1.82) is 0 Å². The summed E-state index contributed by atoms with van der Waals surface area (Å²) in [5.74, 6) is 0.223. The molecule has 1 aromatic rings. The maximum absolute atomic E-state index is 12.1. The molecule has 0 heterocycles. The van der Waals surface area contributed by atoms with Gasteiger partial charge in [0.25, 0.3) is 0 Å². The predicted octanol–water partition coefficient (Wildman–Crippen LogP) is 3.34. The number of esters is 1. The second-order valence-electron chi connectivity index (χ2n) is 5.47. The fourth-order valence-electron chi connectivity index (χ4n) is 2.19. The first-order valence-corrected chi connectivity index (χ1v) is 8.54. The van der Waals surface area contributed by atoms with Gasteiger partial charge in [-0.2, -0.15) is 0 Å². The first kappa shape index (κ1) is 19.3.